The predicted octanol–water partition coefficient (Wildman–Crippen LogP) is 1.25. The number of hydrogen-bond acceptors (Lipinski definition) is 5. The second kappa shape index (κ2) is 6.39. The molecule has 23 heavy (non-hydrogen) atoms. The van der Waals surface area contributed by atoms with Gasteiger partial charge in [0, 0.05) is 23.4 Å². The summed E-state index contributed by atoms with van der Waals surface area (Å²) >= 11 is 0. The molecule has 3 aromatic rings. The van der Waals surface area contributed by atoms with Gasteiger partial charge in [-0.25, -0.2) is 0 Å². The van der Waals surface area contributed by atoms with Crippen LogP contribution in [0, 0.1) is 6.92 Å². The topological polar surface area (TPSA) is 101 Å². The van der Waals surface area contributed by atoms with Crippen molar-refractivity contribution in [1.29, 1.82) is 0 Å². The number of benzene rings is 1. The standard InChI is InChI=1S/C15H17N7O/c1-10-13(9-17-18-10)8-16-15(23)11(2)22-20-14(19-21-22)12-6-4-3-5-7-12/h3-7,9,11H,8H2,1-2H3,(H,16,23)(H,17,18). The first-order valence-corrected chi connectivity index (χ1v) is 7.26. The molecule has 0 aliphatic heterocycles. The molecular weight excluding hydrogens is 294 g/mol. The van der Waals surface area contributed by atoms with Crippen molar-refractivity contribution in [2.24, 2.45) is 0 Å². The Hall–Kier alpha value is -3.03. The first-order chi connectivity index (χ1) is 11.1. The maximum absolute atomic E-state index is 12.2. The van der Waals surface area contributed by atoms with Crippen LogP contribution in [0.5, 0.6) is 0 Å². The number of nitrogens with one attached hydrogen (secondary N) is 2. The van der Waals surface area contributed by atoms with E-state index in [9.17, 15) is 4.79 Å². The maximum atomic E-state index is 12.2. The molecule has 0 saturated carbocycles. The van der Waals surface area contributed by atoms with E-state index in [0.717, 1.165) is 16.8 Å². The molecule has 1 unspecified atom stereocenters. The summed E-state index contributed by atoms with van der Waals surface area (Å²) in [5, 5.41) is 21.9. The smallest absolute Gasteiger partial charge is 0.246 e. The van der Waals surface area contributed by atoms with Gasteiger partial charge in [0.15, 0.2) is 0 Å². The second-order valence-electron chi connectivity index (χ2n) is 5.21. The molecule has 0 aliphatic carbocycles. The van der Waals surface area contributed by atoms with Crippen LogP contribution in [0.1, 0.15) is 24.2 Å². The molecule has 0 fully saturated rings. The highest BCUT2D eigenvalue weighted by molar-refractivity contribution is 5.79. The lowest BCUT2D eigenvalue weighted by atomic mass is 10.2. The number of aromatic amines is 1. The highest BCUT2D eigenvalue weighted by atomic mass is 16.2. The van der Waals surface area contributed by atoms with Gasteiger partial charge in [0.2, 0.25) is 11.7 Å². The van der Waals surface area contributed by atoms with E-state index >= 15 is 0 Å². The molecular formula is C15H17N7O. The number of tetrazole rings is 1. The third kappa shape index (κ3) is 3.25. The fraction of sp³-hybridized carbons (Fsp3) is 0.267. The summed E-state index contributed by atoms with van der Waals surface area (Å²) < 4.78 is 0. The van der Waals surface area contributed by atoms with Crippen molar-refractivity contribution in [1.82, 2.24) is 35.7 Å². The molecule has 2 heterocycles. The molecule has 0 bridgehead atoms. The lowest BCUT2D eigenvalue weighted by Gasteiger charge is -2.10. The van der Waals surface area contributed by atoms with Gasteiger partial charge in [-0.3, -0.25) is 9.89 Å². The molecule has 8 nitrogen and oxygen atoms in total. The van der Waals surface area contributed by atoms with Gasteiger partial charge in [0.1, 0.15) is 6.04 Å². The van der Waals surface area contributed by atoms with Crippen LogP contribution in [-0.4, -0.2) is 36.3 Å². The molecule has 0 aliphatic rings. The summed E-state index contributed by atoms with van der Waals surface area (Å²) in [6.07, 6.45) is 1.70. The van der Waals surface area contributed by atoms with Gasteiger partial charge in [-0.2, -0.15) is 9.90 Å². The van der Waals surface area contributed by atoms with Crippen LogP contribution in [0.3, 0.4) is 0 Å². The second-order valence-corrected chi connectivity index (χ2v) is 5.21. The number of rotatable bonds is 5. The summed E-state index contributed by atoms with van der Waals surface area (Å²) in [6.45, 7) is 4.04. The highest BCUT2D eigenvalue weighted by Gasteiger charge is 2.18. The van der Waals surface area contributed by atoms with E-state index in [0.29, 0.717) is 12.4 Å². The van der Waals surface area contributed by atoms with Gasteiger partial charge in [0.05, 0.1) is 6.20 Å². The van der Waals surface area contributed by atoms with Gasteiger partial charge < -0.3 is 5.32 Å². The van der Waals surface area contributed by atoms with E-state index in [1.807, 2.05) is 37.3 Å². The molecule has 0 spiro atoms. The average molecular weight is 311 g/mol. The van der Waals surface area contributed by atoms with Crippen molar-refractivity contribution in [2.75, 3.05) is 0 Å². The Morgan fingerprint density at radius 3 is 2.83 bits per heavy atom. The number of amides is 1. The Kier molecular flexibility index (Phi) is 4.13. The molecule has 2 N–H and O–H groups in total. The minimum absolute atomic E-state index is 0.178. The number of nitrogens with zero attached hydrogens (tertiary/aromatic N) is 5. The largest absolute Gasteiger partial charge is 0.350 e. The highest BCUT2D eigenvalue weighted by Crippen LogP contribution is 2.13. The minimum atomic E-state index is -0.549. The van der Waals surface area contributed by atoms with Gasteiger partial charge >= 0.3 is 0 Å². The Bertz CT molecular complexity index is 793. The average Bonchev–Trinajstić information content (AvgIpc) is 3.22. The summed E-state index contributed by atoms with van der Waals surface area (Å²) in [5.41, 5.74) is 2.74. The van der Waals surface area contributed by atoms with E-state index in [2.05, 4.69) is 30.9 Å². The van der Waals surface area contributed by atoms with E-state index in [1.54, 1.807) is 13.1 Å². The Morgan fingerprint density at radius 2 is 2.13 bits per heavy atom. The number of carbonyl (C=O) groups is 1. The van der Waals surface area contributed by atoms with Crippen LogP contribution < -0.4 is 5.32 Å². The van der Waals surface area contributed by atoms with E-state index in [-0.39, 0.29) is 5.91 Å². The molecule has 1 aromatic carbocycles. The van der Waals surface area contributed by atoms with Crippen molar-refractivity contribution in [3.63, 3.8) is 0 Å². The molecule has 0 saturated heterocycles. The maximum Gasteiger partial charge on any atom is 0.246 e. The van der Waals surface area contributed by atoms with Crippen LogP contribution in [0.4, 0.5) is 0 Å². The quantitative estimate of drug-likeness (QED) is 0.738. The normalized spacial score (nSPS) is 12.1. The zero-order valence-electron chi connectivity index (χ0n) is 12.9. The number of aromatic nitrogens is 6. The van der Waals surface area contributed by atoms with E-state index < -0.39 is 6.04 Å². The zero-order chi connectivity index (χ0) is 16.2. The fourth-order valence-corrected chi connectivity index (χ4v) is 2.08. The summed E-state index contributed by atoms with van der Waals surface area (Å²) in [4.78, 5) is 13.5. The SMILES string of the molecule is Cc1[nH]ncc1CNC(=O)C(C)n1nnc(-c2ccccc2)n1. The van der Waals surface area contributed by atoms with E-state index in [1.165, 1.54) is 4.80 Å². The van der Waals surface area contributed by atoms with Crippen molar-refractivity contribution in [2.45, 2.75) is 26.4 Å². The zero-order valence-corrected chi connectivity index (χ0v) is 12.9. The predicted molar refractivity (Wildman–Crippen MR) is 83.1 cm³/mol. The first-order valence-electron chi connectivity index (χ1n) is 7.26. The summed E-state index contributed by atoms with van der Waals surface area (Å²) in [6, 6.07) is 8.97. The molecule has 1 atom stereocenters. The number of H-pyrrole nitrogens is 1. The Morgan fingerprint density at radius 1 is 1.35 bits per heavy atom. The van der Waals surface area contributed by atoms with Gasteiger partial charge in [0.25, 0.3) is 0 Å². The van der Waals surface area contributed by atoms with Gasteiger partial charge in [-0.15, -0.1) is 10.2 Å². The van der Waals surface area contributed by atoms with Crippen LogP contribution in [0.25, 0.3) is 11.4 Å². The monoisotopic (exact) mass is 311 g/mol. The molecule has 118 valence electrons. The molecule has 2 aromatic heterocycles. The minimum Gasteiger partial charge on any atom is -0.350 e. The van der Waals surface area contributed by atoms with Crippen LogP contribution >= 0.6 is 0 Å². The van der Waals surface area contributed by atoms with Crippen LogP contribution in [-0.2, 0) is 11.3 Å². The molecule has 3 rings (SSSR count). The lowest BCUT2D eigenvalue weighted by molar-refractivity contribution is -0.124. The molecule has 8 heteroatoms. The first kappa shape index (κ1) is 14.9. The number of hydrogen-bond donors (Lipinski definition) is 2. The van der Waals surface area contributed by atoms with Crippen molar-refractivity contribution < 1.29 is 4.79 Å². The summed E-state index contributed by atoms with van der Waals surface area (Å²) in [7, 11) is 0. The van der Waals surface area contributed by atoms with Crippen molar-refractivity contribution in [3.8, 4) is 11.4 Å². The van der Waals surface area contributed by atoms with Crippen LogP contribution in [0.2, 0.25) is 0 Å². The van der Waals surface area contributed by atoms with Gasteiger partial charge in [-0.05, 0) is 19.1 Å². The Balaban J connectivity index is 1.66. The van der Waals surface area contributed by atoms with Gasteiger partial charge in [-0.1, -0.05) is 30.3 Å². The number of aryl methyl sites for hydroxylation is 1. The van der Waals surface area contributed by atoms with E-state index in [4.69, 9.17) is 0 Å². The third-order valence-electron chi connectivity index (χ3n) is 3.57. The number of carbonyl (C=O) groups excluding carboxylic acids is 1. The molecule has 0 radical (unpaired) electrons. The van der Waals surface area contributed by atoms with Crippen LogP contribution in [0.15, 0.2) is 36.5 Å². The van der Waals surface area contributed by atoms with Crippen molar-refractivity contribution >= 4 is 5.91 Å². The fourth-order valence-electron chi connectivity index (χ4n) is 2.08. The van der Waals surface area contributed by atoms with Crippen molar-refractivity contribution in [3.05, 3.63) is 47.8 Å². The molecule has 1 amide bonds. The summed E-state index contributed by atoms with van der Waals surface area (Å²) in [5.74, 6) is 0.318. The Labute approximate surface area is 132 Å². The third-order valence-corrected chi connectivity index (χ3v) is 3.57. The lowest BCUT2D eigenvalue weighted by Crippen LogP contribution is -2.31.